The molecule has 0 radical (unpaired) electrons. The summed E-state index contributed by atoms with van der Waals surface area (Å²) < 4.78 is 5.49. The summed E-state index contributed by atoms with van der Waals surface area (Å²) in [7, 11) is 0. The number of allylic oxidation sites excluding steroid dienone is 4. The molecule has 450 valence electrons. The second kappa shape index (κ2) is 65.9. The summed E-state index contributed by atoms with van der Waals surface area (Å²) in [5, 5.41) is 23.4. The van der Waals surface area contributed by atoms with Crippen molar-refractivity contribution < 1.29 is 24.5 Å². The lowest BCUT2D eigenvalue weighted by Crippen LogP contribution is -2.45. The van der Waals surface area contributed by atoms with E-state index in [1.807, 2.05) is 0 Å². The van der Waals surface area contributed by atoms with Crippen LogP contribution in [0.25, 0.3) is 0 Å². The highest BCUT2D eigenvalue weighted by atomic mass is 16.5. The van der Waals surface area contributed by atoms with Crippen LogP contribution < -0.4 is 5.32 Å². The van der Waals surface area contributed by atoms with Crippen molar-refractivity contribution >= 4 is 11.9 Å². The highest BCUT2D eigenvalue weighted by Crippen LogP contribution is 2.19. The topological polar surface area (TPSA) is 95.9 Å². The van der Waals surface area contributed by atoms with E-state index in [1.54, 1.807) is 0 Å². The number of ether oxygens (including phenoxy) is 1. The summed E-state index contributed by atoms with van der Waals surface area (Å²) >= 11 is 0. The first-order chi connectivity index (χ1) is 37.5. The van der Waals surface area contributed by atoms with E-state index in [1.165, 1.54) is 308 Å². The molecule has 6 nitrogen and oxygen atoms in total. The van der Waals surface area contributed by atoms with Crippen molar-refractivity contribution in [3.8, 4) is 0 Å². The van der Waals surface area contributed by atoms with Gasteiger partial charge in [-0.2, -0.15) is 0 Å². The molecule has 0 aliphatic carbocycles. The first-order valence-electron chi connectivity index (χ1n) is 34.6. The van der Waals surface area contributed by atoms with Crippen LogP contribution in [-0.4, -0.2) is 47.4 Å². The fourth-order valence-electron chi connectivity index (χ4n) is 11.0. The molecule has 1 amide bonds. The normalized spacial score (nSPS) is 12.6. The van der Waals surface area contributed by atoms with Crippen molar-refractivity contribution in [3.63, 3.8) is 0 Å². The zero-order chi connectivity index (χ0) is 55.0. The zero-order valence-corrected chi connectivity index (χ0v) is 51.5. The van der Waals surface area contributed by atoms with Gasteiger partial charge in [0.05, 0.1) is 25.4 Å². The molecule has 76 heavy (non-hydrogen) atoms. The Morgan fingerprint density at radius 3 is 1.00 bits per heavy atom. The van der Waals surface area contributed by atoms with Gasteiger partial charge in [-0.1, -0.05) is 340 Å². The van der Waals surface area contributed by atoms with Gasteiger partial charge in [0.2, 0.25) is 5.91 Å². The Balaban J connectivity index is 3.40. The van der Waals surface area contributed by atoms with Gasteiger partial charge in [0.1, 0.15) is 0 Å². The summed E-state index contributed by atoms with van der Waals surface area (Å²) in [4.78, 5) is 24.6. The zero-order valence-electron chi connectivity index (χ0n) is 51.5. The van der Waals surface area contributed by atoms with E-state index in [0.29, 0.717) is 25.9 Å². The summed E-state index contributed by atoms with van der Waals surface area (Å²) in [6.07, 6.45) is 82.1. The third kappa shape index (κ3) is 61.6. The molecule has 0 rings (SSSR count). The molecule has 0 aliphatic rings. The van der Waals surface area contributed by atoms with E-state index in [0.717, 1.165) is 44.9 Å². The SMILES string of the molecule is CCCCCCCCCCCCCCCCCCCC(O)C(CO)NC(=O)CCCCCCCCCCCCC/C=C\C/C=C\CCCCCCCCCCCOC(=O)CCCCCCCCCCCCCCCCC. The number of esters is 1. The predicted molar refractivity (Wildman–Crippen MR) is 333 cm³/mol. The largest absolute Gasteiger partial charge is 0.466 e. The smallest absolute Gasteiger partial charge is 0.305 e. The number of aliphatic hydroxyl groups excluding tert-OH is 2. The second-order valence-electron chi connectivity index (χ2n) is 23.9. The fraction of sp³-hybridized carbons (Fsp3) is 0.914. The quantitative estimate of drug-likeness (QED) is 0.0320. The van der Waals surface area contributed by atoms with Crippen molar-refractivity contribution in [1.82, 2.24) is 5.32 Å². The molecule has 0 fully saturated rings. The predicted octanol–water partition coefficient (Wildman–Crippen LogP) is 22.1. The summed E-state index contributed by atoms with van der Waals surface area (Å²) in [5.41, 5.74) is 0. The third-order valence-corrected chi connectivity index (χ3v) is 16.3. The average Bonchev–Trinajstić information content (AvgIpc) is 3.42. The van der Waals surface area contributed by atoms with Crippen molar-refractivity contribution in [2.45, 2.75) is 398 Å². The lowest BCUT2D eigenvalue weighted by molar-refractivity contribution is -0.143. The standard InChI is InChI=1S/C70H135NO5/c1-3-5-7-9-11-13-15-17-19-31-35-38-42-46-50-54-58-62-68(73)67(66-72)71-69(74)63-59-55-51-47-43-39-36-32-29-27-25-23-21-20-22-24-26-28-30-33-37-41-45-49-53-57-61-65-76-70(75)64-60-56-52-48-44-40-34-18-16-14-12-10-8-6-4-2/h20-21,24,26,67-68,72-73H,3-19,22-23,25,27-66H2,1-2H3,(H,71,74)/b21-20-,26-24-. The van der Waals surface area contributed by atoms with Gasteiger partial charge in [-0.25, -0.2) is 0 Å². The maximum Gasteiger partial charge on any atom is 0.305 e. The first-order valence-corrected chi connectivity index (χ1v) is 34.6. The minimum Gasteiger partial charge on any atom is -0.466 e. The van der Waals surface area contributed by atoms with Crippen LogP contribution in [0.1, 0.15) is 386 Å². The van der Waals surface area contributed by atoms with Crippen LogP contribution in [0.3, 0.4) is 0 Å². The molecular formula is C70H135NO5. The Hall–Kier alpha value is -1.66. The van der Waals surface area contributed by atoms with Crippen LogP contribution in [-0.2, 0) is 14.3 Å². The van der Waals surface area contributed by atoms with Gasteiger partial charge < -0.3 is 20.3 Å². The number of rotatable bonds is 65. The van der Waals surface area contributed by atoms with E-state index in [2.05, 4.69) is 43.5 Å². The fourth-order valence-corrected chi connectivity index (χ4v) is 11.0. The molecule has 2 unspecified atom stereocenters. The number of aliphatic hydroxyl groups is 2. The molecule has 0 aliphatic heterocycles. The Labute approximate surface area is 475 Å². The molecule has 6 heteroatoms. The van der Waals surface area contributed by atoms with Gasteiger partial charge in [-0.15, -0.1) is 0 Å². The molecule has 0 saturated heterocycles. The average molecular weight is 1070 g/mol. The lowest BCUT2D eigenvalue weighted by Gasteiger charge is -2.22. The number of unbranched alkanes of at least 4 members (excludes halogenated alkanes) is 50. The number of carbonyl (C=O) groups is 2. The van der Waals surface area contributed by atoms with Gasteiger partial charge in [-0.3, -0.25) is 9.59 Å². The monoisotopic (exact) mass is 1070 g/mol. The molecule has 0 aromatic heterocycles. The molecule has 0 aromatic rings. The van der Waals surface area contributed by atoms with Crippen LogP contribution >= 0.6 is 0 Å². The molecule has 0 heterocycles. The van der Waals surface area contributed by atoms with Gasteiger partial charge in [0.25, 0.3) is 0 Å². The van der Waals surface area contributed by atoms with E-state index >= 15 is 0 Å². The summed E-state index contributed by atoms with van der Waals surface area (Å²) in [6, 6.07) is -0.544. The summed E-state index contributed by atoms with van der Waals surface area (Å²) in [5.74, 6) is -0.0206. The maximum atomic E-state index is 12.5. The van der Waals surface area contributed by atoms with Crippen molar-refractivity contribution in [2.24, 2.45) is 0 Å². The molecule has 0 spiro atoms. The number of nitrogens with one attached hydrogen (secondary N) is 1. The summed E-state index contributed by atoms with van der Waals surface area (Å²) in [6.45, 7) is 4.99. The van der Waals surface area contributed by atoms with Gasteiger partial charge in [0, 0.05) is 12.8 Å². The molecular weight excluding hydrogens is 935 g/mol. The molecule has 3 N–H and O–H groups in total. The minimum absolute atomic E-state index is 0.0142. The number of carbonyl (C=O) groups excluding carboxylic acids is 2. The van der Waals surface area contributed by atoms with Crippen LogP contribution in [0, 0.1) is 0 Å². The Morgan fingerprint density at radius 2 is 0.658 bits per heavy atom. The van der Waals surface area contributed by atoms with Gasteiger partial charge in [-0.05, 0) is 57.8 Å². The Morgan fingerprint density at radius 1 is 0.368 bits per heavy atom. The Kier molecular flexibility index (Phi) is 64.4. The van der Waals surface area contributed by atoms with Crippen molar-refractivity contribution in [3.05, 3.63) is 24.3 Å². The van der Waals surface area contributed by atoms with Gasteiger partial charge >= 0.3 is 5.97 Å². The van der Waals surface area contributed by atoms with E-state index in [9.17, 15) is 19.8 Å². The first kappa shape index (κ1) is 74.3. The van der Waals surface area contributed by atoms with E-state index in [4.69, 9.17) is 4.74 Å². The number of hydrogen-bond donors (Lipinski definition) is 3. The molecule has 0 aromatic carbocycles. The van der Waals surface area contributed by atoms with Crippen LogP contribution in [0.15, 0.2) is 24.3 Å². The molecule has 0 saturated carbocycles. The third-order valence-electron chi connectivity index (χ3n) is 16.3. The lowest BCUT2D eigenvalue weighted by atomic mass is 10.0. The molecule has 2 atom stereocenters. The minimum atomic E-state index is -0.666. The molecule has 0 bridgehead atoms. The van der Waals surface area contributed by atoms with Crippen molar-refractivity contribution in [2.75, 3.05) is 13.2 Å². The highest BCUT2D eigenvalue weighted by Gasteiger charge is 2.20. The maximum absolute atomic E-state index is 12.5. The second-order valence-corrected chi connectivity index (χ2v) is 23.9. The van der Waals surface area contributed by atoms with E-state index < -0.39 is 12.1 Å². The number of amides is 1. The van der Waals surface area contributed by atoms with Crippen LogP contribution in [0.2, 0.25) is 0 Å². The highest BCUT2D eigenvalue weighted by molar-refractivity contribution is 5.76. The Bertz CT molecular complexity index is 1190. The van der Waals surface area contributed by atoms with Crippen LogP contribution in [0.4, 0.5) is 0 Å². The van der Waals surface area contributed by atoms with Crippen molar-refractivity contribution in [1.29, 1.82) is 0 Å². The number of hydrogen-bond acceptors (Lipinski definition) is 5. The van der Waals surface area contributed by atoms with E-state index in [-0.39, 0.29) is 18.5 Å². The van der Waals surface area contributed by atoms with Gasteiger partial charge in [0.15, 0.2) is 0 Å². The van der Waals surface area contributed by atoms with Crippen LogP contribution in [0.5, 0.6) is 0 Å².